The van der Waals surface area contributed by atoms with Crippen LogP contribution in [-0.2, 0) is 17.6 Å². The molecule has 8 nitrogen and oxygen atoms in total. The minimum absolute atomic E-state index is 0.0388. The summed E-state index contributed by atoms with van der Waals surface area (Å²) in [5.41, 5.74) is 3.45. The normalized spacial score (nSPS) is 20.1. The molecule has 1 aliphatic heterocycles. The van der Waals surface area contributed by atoms with Crippen LogP contribution in [0.5, 0.6) is 0 Å². The van der Waals surface area contributed by atoms with Gasteiger partial charge in [0.1, 0.15) is 11.9 Å². The van der Waals surface area contributed by atoms with Crippen molar-refractivity contribution in [1.82, 2.24) is 20.2 Å². The van der Waals surface area contributed by atoms with E-state index in [1.807, 2.05) is 11.0 Å². The maximum atomic E-state index is 13.1. The van der Waals surface area contributed by atoms with Crippen LogP contribution in [0.3, 0.4) is 0 Å². The molecule has 1 saturated heterocycles. The standard InChI is InChI=1S/C24H28ClN7OS/c25-19-10-11-21(34-19)28-23(33)18-9-4-12-32(18)24-26-16-8-3-7-15(16)22(29-24)27-20-13-17(30-31-20)14-5-1-2-6-14/h10-11,13-14,18H,1-9,12H2,(H,28,33)(H2,26,27,29,30,31)/t18-/m0/s1. The van der Waals surface area contributed by atoms with Gasteiger partial charge < -0.3 is 15.5 Å². The first-order valence-corrected chi connectivity index (χ1v) is 13.4. The van der Waals surface area contributed by atoms with E-state index in [9.17, 15) is 4.79 Å². The molecular formula is C24H28ClN7OS. The Hall–Kier alpha value is -2.65. The van der Waals surface area contributed by atoms with Crippen LogP contribution in [0.2, 0.25) is 4.34 Å². The van der Waals surface area contributed by atoms with E-state index in [0.717, 1.165) is 61.0 Å². The third-order valence-electron chi connectivity index (χ3n) is 7.19. The Bertz CT molecular complexity index is 1200. The number of carbonyl (C=O) groups is 1. The molecule has 34 heavy (non-hydrogen) atoms. The van der Waals surface area contributed by atoms with Crippen molar-refractivity contribution in [3.05, 3.63) is 39.5 Å². The predicted octanol–water partition coefficient (Wildman–Crippen LogP) is 5.41. The highest BCUT2D eigenvalue weighted by atomic mass is 35.5. The molecule has 0 aromatic carbocycles. The number of amides is 1. The number of nitrogens with zero attached hydrogens (tertiary/aromatic N) is 4. The van der Waals surface area contributed by atoms with Crippen LogP contribution in [0, 0.1) is 0 Å². The fraction of sp³-hybridized carbons (Fsp3) is 0.500. The van der Waals surface area contributed by atoms with Gasteiger partial charge in [-0.15, -0.1) is 11.3 Å². The molecule has 0 bridgehead atoms. The van der Waals surface area contributed by atoms with E-state index in [1.54, 1.807) is 6.07 Å². The quantitative estimate of drug-likeness (QED) is 0.421. The first kappa shape index (κ1) is 21.9. The summed E-state index contributed by atoms with van der Waals surface area (Å²) in [5.74, 6) is 2.78. The summed E-state index contributed by atoms with van der Waals surface area (Å²) in [6, 6.07) is 5.45. The third-order valence-corrected chi connectivity index (χ3v) is 8.34. The zero-order valence-corrected chi connectivity index (χ0v) is 20.5. The zero-order valence-electron chi connectivity index (χ0n) is 18.9. The van der Waals surface area contributed by atoms with Gasteiger partial charge in [-0.2, -0.15) is 10.1 Å². The summed E-state index contributed by atoms with van der Waals surface area (Å²) in [7, 11) is 0. The smallest absolute Gasteiger partial charge is 0.247 e. The van der Waals surface area contributed by atoms with E-state index in [0.29, 0.717) is 16.2 Å². The van der Waals surface area contributed by atoms with Gasteiger partial charge in [-0.3, -0.25) is 9.89 Å². The van der Waals surface area contributed by atoms with E-state index in [-0.39, 0.29) is 11.9 Å². The molecule has 2 fully saturated rings. The van der Waals surface area contributed by atoms with E-state index in [1.165, 1.54) is 48.3 Å². The van der Waals surface area contributed by atoms with E-state index < -0.39 is 0 Å². The molecule has 1 atom stereocenters. The number of fused-ring (bicyclic) bond motifs is 1. The molecule has 1 amide bonds. The minimum atomic E-state index is -0.299. The lowest BCUT2D eigenvalue weighted by atomic mass is 10.0. The topological polar surface area (TPSA) is 98.8 Å². The van der Waals surface area contributed by atoms with Crippen LogP contribution in [-0.4, -0.2) is 38.7 Å². The maximum absolute atomic E-state index is 13.1. The number of hydrogen-bond donors (Lipinski definition) is 3. The SMILES string of the molecule is O=C(Nc1ccc(Cl)s1)[C@@H]1CCCN1c1nc2c(c(Nc3cc(C4CCCC4)[nH]n3)n1)CCC2. The first-order chi connectivity index (χ1) is 16.6. The average molecular weight is 498 g/mol. The molecule has 3 aliphatic rings. The van der Waals surface area contributed by atoms with Crippen molar-refractivity contribution in [3.63, 3.8) is 0 Å². The largest absolute Gasteiger partial charge is 0.329 e. The zero-order chi connectivity index (χ0) is 23.1. The van der Waals surface area contributed by atoms with Crippen molar-refractivity contribution in [2.24, 2.45) is 0 Å². The average Bonchev–Trinajstić information content (AvgIpc) is 3.64. The highest BCUT2D eigenvalue weighted by molar-refractivity contribution is 7.20. The molecule has 3 N–H and O–H groups in total. The summed E-state index contributed by atoms with van der Waals surface area (Å²) >= 11 is 7.39. The second-order valence-electron chi connectivity index (χ2n) is 9.41. The lowest BCUT2D eigenvalue weighted by Gasteiger charge is -2.25. The molecule has 10 heteroatoms. The molecule has 3 aromatic heterocycles. The van der Waals surface area contributed by atoms with Crippen LogP contribution in [0.1, 0.15) is 67.8 Å². The Balaban J connectivity index is 1.25. The van der Waals surface area contributed by atoms with Crippen molar-refractivity contribution in [2.45, 2.75) is 69.7 Å². The highest BCUT2D eigenvalue weighted by Gasteiger charge is 2.34. The number of thiophene rings is 1. The molecule has 1 saturated carbocycles. The van der Waals surface area contributed by atoms with Gasteiger partial charge in [0.2, 0.25) is 11.9 Å². The molecule has 4 heterocycles. The Morgan fingerprint density at radius 3 is 2.82 bits per heavy atom. The van der Waals surface area contributed by atoms with Gasteiger partial charge >= 0.3 is 0 Å². The lowest BCUT2D eigenvalue weighted by Crippen LogP contribution is -2.40. The monoisotopic (exact) mass is 497 g/mol. The number of halogens is 1. The molecule has 3 aromatic rings. The molecule has 0 spiro atoms. The van der Waals surface area contributed by atoms with Crippen LogP contribution in [0.15, 0.2) is 18.2 Å². The van der Waals surface area contributed by atoms with Crippen LogP contribution in [0.25, 0.3) is 0 Å². The van der Waals surface area contributed by atoms with Crippen molar-refractivity contribution >= 4 is 51.4 Å². The molecule has 0 radical (unpaired) electrons. The maximum Gasteiger partial charge on any atom is 0.247 e. The van der Waals surface area contributed by atoms with Gasteiger partial charge in [0, 0.05) is 29.8 Å². The predicted molar refractivity (Wildman–Crippen MR) is 135 cm³/mol. The van der Waals surface area contributed by atoms with Gasteiger partial charge in [0.05, 0.1) is 15.0 Å². The van der Waals surface area contributed by atoms with Gasteiger partial charge in [0.15, 0.2) is 5.82 Å². The number of hydrogen-bond acceptors (Lipinski definition) is 7. The fourth-order valence-corrected chi connectivity index (χ4v) is 6.43. The summed E-state index contributed by atoms with van der Waals surface area (Å²) in [6.45, 7) is 0.760. The van der Waals surface area contributed by atoms with E-state index >= 15 is 0 Å². The van der Waals surface area contributed by atoms with Gasteiger partial charge in [-0.05, 0) is 57.1 Å². The number of aromatic nitrogens is 4. The Labute approximate surface area is 207 Å². The van der Waals surface area contributed by atoms with Gasteiger partial charge in [-0.1, -0.05) is 24.4 Å². The van der Waals surface area contributed by atoms with E-state index in [4.69, 9.17) is 21.6 Å². The van der Waals surface area contributed by atoms with Crippen molar-refractivity contribution in [2.75, 3.05) is 22.1 Å². The van der Waals surface area contributed by atoms with Crippen LogP contribution in [0.4, 0.5) is 22.6 Å². The lowest BCUT2D eigenvalue weighted by molar-refractivity contribution is -0.117. The van der Waals surface area contributed by atoms with Crippen molar-refractivity contribution in [3.8, 4) is 0 Å². The Morgan fingerprint density at radius 2 is 2.00 bits per heavy atom. The summed E-state index contributed by atoms with van der Waals surface area (Å²) in [5, 5.41) is 15.0. The third kappa shape index (κ3) is 4.27. The first-order valence-electron chi connectivity index (χ1n) is 12.2. The van der Waals surface area contributed by atoms with E-state index in [2.05, 4.69) is 26.9 Å². The summed E-state index contributed by atoms with van der Waals surface area (Å²) < 4.78 is 0.658. The van der Waals surface area contributed by atoms with Crippen molar-refractivity contribution < 1.29 is 4.79 Å². The Morgan fingerprint density at radius 1 is 1.12 bits per heavy atom. The number of aryl methyl sites for hydroxylation is 1. The Kier molecular flexibility index (Phi) is 5.90. The summed E-state index contributed by atoms with van der Waals surface area (Å²) in [6.07, 6.45) is 9.70. The summed E-state index contributed by atoms with van der Waals surface area (Å²) in [4.78, 5) is 24.9. The number of aromatic amines is 1. The number of anilines is 4. The fourth-order valence-electron chi connectivity index (χ4n) is 5.48. The molecular weight excluding hydrogens is 470 g/mol. The number of H-pyrrole nitrogens is 1. The van der Waals surface area contributed by atoms with Gasteiger partial charge in [0.25, 0.3) is 0 Å². The van der Waals surface area contributed by atoms with Crippen LogP contribution < -0.4 is 15.5 Å². The molecule has 2 aliphatic carbocycles. The molecule has 178 valence electrons. The second kappa shape index (κ2) is 9.19. The van der Waals surface area contributed by atoms with Gasteiger partial charge in [-0.25, -0.2) is 4.98 Å². The van der Waals surface area contributed by atoms with Crippen molar-refractivity contribution in [1.29, 1.82) is 0 Å². The highest BCUT2D eigenvalue weighted by Crippen LogP contribution is 2.36. The minimum Gasteiger partial charge on any atom is -0.329 e. The number of rotatable bonds is 6. The second-order valence-corrected chi connectivity index (χ2v) is 11.1. The number of nitrogens with one attached hydrogen (secondary N) is 3. The van der Waals surface area contributed by atoms with Crippen LogP contribution >= 0.6 is 22.9 Å². The molecule has 0 unspecified atom stereocenters. The molecule has 6 rings (SSSR count). The number of carbonyl (C=O) groups excluding carboxylic acids is 1.